The maximum absolute atomic E-state index is 12.6. The summed E-state index contributed by atoms with van der Waals surface area (Å²) in [5.41, 5.74) is 1.84. The molecular formula is C16H25N3O. The normalized spacial score (nSPS) is 17.0. The van der Waals surface area contributed by atoms with Gasteiger partial charge in [0.25, 0.3) is 5.91 Å². The number of likely N-dealkylation sites (tertiary alicyclic amines) is 1. The third-order valence-corrected chi connectivity index (χ3v) is 4.17. The fourth-order valence-corrected chi connectivity index (χ4v) is 2.67. The second-order valence-electron chi connectivity index (χ2n) is 5.90. The maximum Gasteiger partial charge on any atom is 0.253 e. The first-order valence-electron chi connectivity index (χ1n) is 7.22. The van der Waals surface area contributed by atoms with Gasteiger partial charge in [0, 0.05) is 38.4 Å². The molecule has 1 aliphatic rings. The number of hydrogen-bond donors (Lipinski definition) is 0. The predicted molar refractivity (Wildman–Crippen MR) is 83.4 cm³/mol. The molecule has 1 aliphatic heterocycles. The summed E-state index contributed by atoms with van der Waals surface area (Å²) in [6.45, 7) is 2.14. The summed E-state index contributed by atoms with van der Waals surface area (Å²) in [7, 11) is 8.05. The van der Waals surface area contributed by atoms with E-state index in [9.17, 15) is 4.79 Å². The molecule has 1 heterocycles. The predicted octanol–water partition coefficient (Wildman–Crippen LogP) is 1.92. The lowest BCUT2D eigenvalue weighted by atomic mass is 10.0. The van der Waals surface area contributed by atoms with E-state index >= 15 is 0 Å². The number of rotatable bonds is 3. The van der Waals surface area contributed by atoms with Crippen molar-refractivity contribution in [1.82, 2.24) is 9.80 Å². The first-order chi connectivity index (χ1) is 9.49. The van der Waals surface area contributed by atoms with Gasteiger partial charge < -0.3 is 14.7 Å². The molecule has 4 nitrogen and oxygen atoms in total. The van der Waals surface area contributed by atoms with Crippen molar-refractivity contribution in [3.05, 3.63) is 29.8 Å². The zero-order valence-electron chi connectivity index (χ0n) is 13.0. The van der Waals surface area contributed by atoms with Crippen LogP contribution in [0.5, 0.6) is 0 Å². The summed E-state index contributed by atoms with van der Waals surface area (Å²) in [6, 6.07) is 8.20. The average Bonchev–Trinajstić information content (AvgIpc) is 2.46. The summed E-state index contributed by atoms with van der Waals surface area (Å²) in [6.07, 6.45) is 2.12. The maximum atomic E-state index is 12.6. The number of piperidine rings is 1. The Hall–Kier alpha value is -1.55. The van der Waals surface area contributed by atoms with Gasteiger partial charge in [-0.2, -0.15) is 0 Å². The molecule has 0 atom stereocenters. The van der Waals surface area contributed by atoms with Crippen molar-refractivity contribution < 1.29 is 4.79 Å². The van der Waals surface area contributed by atoms with Crippen LogP contribution >= 0.6 is 0 Å². The lowest BCUT2D eigenvalue weighted by Gasteiger charge is -2.35. The van der Waals surface area contributed by atoms with Gasteiger partial charge in [-0.05, 0) is 51.2 Å². The van der Waals surface area contributed by atoms with Crippen LogP contribution in [0.3, 0.4) is 0 Å². The molecule has 2 rings (SSSR count). The highest BCUT2D eigenvalue weighted by Gasteiger charge is 2.24. The molecule has 1 saturated heterocycles. The van der Waals surface area contributed by atoms with Crippen LogP contribution in [-0.2, 0) is 0 Å². The first kappa shape index (κ1) is 14.9. The molecule has 0 spiro atoms. The van der Waals surface area contributed by atoms with E-state index in [1.165, 1.54) is 0 Å². The molecule has 1 aromatic rings. The van der Waals surface area contributed by atoms with Gasteiger partial charge in [0.1, 0.15) is 0 Å². The molecule has 4 heteroatoms. The largest absolute Gasteiger partial charge is 0.378 e. The summed E-state index contributed by atoms with van der Waals surface area (Å²) >= 11 is 0. The molecule has 0 bridgehead atoms. The van der Waals surface area contributed by atoms with Crippen molar-refractivity contribution >= 4 is 11.6 Å². The van der Waals surface area contributed by atoms with E-state index in [1.807, 2.05) is 55.2 Å². The number of nitrogens with zero attached hydrogens (tertiary/aromatic N) is 3. The Bertz CT molecular complexity index is 465. The molecule has 0 aromatic heterocycles. The highest BCUT2D eigenvalue weighted by Crippen LogP contribution is 2.19. The number of anilines is 1. The molecular weight excluding hydrogens is 250 g/mol. The van der Waals surface area contributed by atoms with Crippen molar-refractivity contribution in [1.29, 1.82) is 0 Å². The SMILES string of the molecule is CN1CCC(N(C)C(=O)c2cccc(N(C)C)c2)CC1. The van der Waals surface area contributed by atoms with E-state index < -0.39 is 0 Å². The van der Waals surface area contributed by atoms with Crippen LogP contribution in [0.4, 0.5) is 5.69 Å². The van der Waals surface area contributed by atoms with Gasteiger partial charge in [-0.15, -0.1) is 0 Å². The van der Waals surface area contributed by atoms with E-state index in [0.29, 0.717) is 6.04 Å². The molecule has 20 heavy (non-hydrogen) atoms. The highest BCUT2D eigenvalue weighted by atomic mass is 16.2. The Balaban J connectivity index is 2.08. The van der Waals surface area contributed by atoms with Crippen molar-refractivity contribution in [2.45, 2.75) is 18.9 Å². The Labute approximate surface area is 122 Å². The number of benzene rings is 1. The first-order valence-corrected chi connectivity index (χ1v) is 7.22. The van der Waals surface area contributed by atoms with E-state index in [1.54, 1.807) is 0 Å². The van der Waals surface area contributed by atoms with E-state index in [-0.39, 0.29) is 5.91 Å². The molecule has 110 valence electrons. The zero-order chi connectivity index (χ0) is 14.7. The summed E-state index contributed by atoms with van der Waals surface area (Å²) < 4.78 is 0. The number of carbonyl (C=O) groups is 1. The van der Waals surface area contributed by atoms with Crippen LogP contribution in [0.15, 0.2) is 24.3 Å². The lowest BCUT2D eigenvalue weighted by molar-refractivity contribution is 0.0659. The topological polar surface area (TPSA) is 26.8 Å². The zero-order valence-corrected chi connectivity index (χ0v) is 13.0. The van der Waals surface area contributed by atoms with E-state index in [4.69, 9.17) is 0 Å². The van der Waals surface area contributed by atoms with Crippen molar-refractivity contribution in [2.75, 3.05) is 46.2 Å². The third kappa shape index (κ3) is 3.31. The molecule has 1 fully saturated rings. The Kier molecular flexibility index (Phi) is 4.65. The fraction of sp³-hybridized carbons (Fsp3) is 0.562. The van der Waals surface area contributed by atoms with Crippen LogP contribution in [0.25, 0.3) is 0 Å². The minimum absolute atomic E-state index is 0.128. The molecule has 0 N–H and O–H groups in total. The van der Waals surface area contributed by atoms with Gasteiger partial charge in [0.15, 0.2) is 0 Å². The second kappa shape index (κ2) is 6.27. The Morgan fingerprint density at radius 1 is 1.20 bits per heavy atom. The van der Waals surface area contributed by atoms with Crippen LogP contribution in [0, 0.1) is 0 Å². The molecule has 0 unspecified atom stereocenters. The third-order valence-electron chi connectivity index (χ3n) is 4.17. The second-order valence-corrected chi connectivity index (χ2v) is 5.90. The molecule has 1 amide bonds. The smallest absolute Gasteiger partial charge is 0.253 e. The monoisotopic (exact) mass is 275 g/mol. The van der Waals surface area contributed by atoms with E-state index in [2.05, 4.69) is 11.9 Å². The van der Waals surface area contributed by atoms with Gasteiger partial charge in [-0.3, -0.25) is 4.79 Å². The quantitative estimate of drug-likeness (QED) is 0.843. The minimum Gasteiger partial charge on any atom is -0.378 e. The van der Waals surface area contributed by atoms with E-state index in [0.717, 1.165) is 37.2 Å². The summed E-state index contributed by atoms with van der Waals surface area (Å²) in [5, 5.41) is 0. The summed E-state index contributed by atoms with van der Waals surface area (Å²) in [5.74, 6) is 0.128. The van der Waals surface area contributed by atoms with Crippen molar-refractivity contribution in [3.63, 3.8) is 0 Å². The Morgan fingerprint density at radius 3 is 2.45 bits per heavy atom. The highest BCUT2D eigenvalue weighted by molar-refractivity contribution is 5.95. The van der Waals surface area contributed by atoms with Crippen LogP contribution in [0.2, 0.25) is 0 Å². The standard InChI is InChI=1S/C16H25N3O/c1-17(2)15-7-5-6-13(12-15)16(20)19(4)14-8-10-18(3)11-9-14/h5-7,12,14H,8-11H2,1-4H3. The van der Waals surface area contributed by atoms with Crippen LogP contribution in [-0.4, -0.2) is 63.0 Å². The van der Waals surface area contributed by atoms with Gasteiger partial charge in [0.05, 0.1) is 0 Å². The van der Waals surface area contributed by atoms with Crippen molar-refractivity contribution in [3.8, 4) is 0 Å². The summed E-state index contributed by atoms with van der Waals surface area (Å²) in [4.78, 5) is 18.9. The van der Waals surface area contributed by atoms with Crippen LogP contribution < -0.4 is 4.90 Å². The van der Waals surface area contributed by atoms with Crippen molar-refractivity contribution in [2.24, 2.45) is 0 Å². The number of carbonyl (C=O) groups excluding carboxylic acids is 1. The van der Waals surface area contributed by atoms with Gasteiger partial charge in [-0.25, -0.2) is 0 Å². The lowest BCUT2D eigenvalue weighted by Crippen LogP contribution is -2.44. The molecule has 0 aliphatic carbocycles. The minimum atomic E-state index is 0.128. The molecule has 0 saturated carbocycles. The van der Waals surface area contributed by atoms with Crippen LogP contribution in [0.1, 0.15) is 23.2 Å². The molecule has 0 radical (unpaired) electrons. The number of hydrogen-bond acceptors (Lipinski definition) is 3. The van der Waals surface area contributed by atoms with Gasteiger partial charge in [0.2, 0.25) is 0 Å². The van der Waals surface area contributed by atoms with Gasteiger partial charge >= 0.3 is 0 Å². The number of amides is 1. The van der Waals surface area contributed by atoms with Gasteiger partial charge in [-0.1, -0.05) is 6.07 Å². The Morgan fingerprint density at radius 2 is 1.85 bits per heavy atom. The fourth-order valence-electron chi connectivity index (χ4n) is 2.67. The average molecular weight is 275 g/mol. The molecule has 1 aromatic carbocycles.